The zero-order chi connectivity index (χ0) is 35.0. The van der Waals surface area contributed by atoms with E-state index in [1.54, 1.807) is 35.3 Å². The average Bonchev–Trinajstić information content (AvgIpc) is 3.73. The van der Waals surface area contributed by atoms with Gasteiger partial charge in [0.15, 0.2) is 0 Å². The summed E-state index contributed by atoms with van der Waals surface area (Å²) in [5.41, 5.74) is 5.37. The topological polar surface area (TPSA) is 97.0 Å². The number of nitrogens with one attached hydrogen (secondary N) is 3. The highest BCUT2D eigenvalue weighted by atomic mass is 32.2. The number of rotatable bonds is 6. The molecule has 3 aliphatic rings. The highest BCUT2D eigenvalue weighted by Gasteiger charge is 2.38. The second-order valence-corrected chi connectivity index (χ2v) is 19.0. The van der Waals surface area contributed by atoms with Gasteiger partial charge in [-0.1, -0.05) is 36.4 Å². The lowest BCUT2D eigenvalue weighted by Gasteiger charge is -2.30. The van der Waals surface area contributed by atoms with Crippen LogP contribution in [-0.2, 0) is 0 Å². The minimum Gasteiger partial charge on any atom is -0.310 e. The van der Waals surface area contributed by atoms with E-state index in [9.17, 15) is 14.4 Å². The molecule has 0 aromatic heterocycles. The Morgan fingerprint density at radius 1 is 0.490 bits per heavy atom. The molecule has 3 fully saturated rings. The lowest BCUT2D eigenvalue weighted by atomic mass is 9.85. The number of carbonyl (C=O) groups is 3. The Bertz CT molecular complexity index is 1480. The summed E-state index contributed by atoms with van der Waals surface area (Å²) in [5, 5.41) is 9.23. The molecule has 0 bridgehead atoms. The van der Waals surface area contributed by atoms with Crippen molar-refractivity contribution < 1.29 is 14.4 Å². The molecule has 0 unspecified atom stereocenters. The van der Waals surface area contributed by atoms with Crippen molar-refractivity contribution in [3.05, 3.63) is 89.5 Å². The van der Waals surface area contributed by atoms with Gasteiger partial charge in [-0.25, -0.2) is 14.4 Å². The van der Waals surface area contributed by atoms with Crippen LogP contribution in [0.4, 0.5) is 31.4 Å². The molecule has 3 saturated heterocycles. The lowest BCUT2D eigenvalue weighted by molar-refractivity contribution is 0.197. The molecule has 0 aliphatic carbocycles. The summed E-state index contributed by atoms with van der Waals surface area (Å²) in [7, 11) is 0. The van der Waals surface area contributed by atoms with Crippen molar-refractivity contribution in [3.8, 4) is 0 Å². The van der Waals surface area contributed by atoms with Gasteiger partial charge in [-0.2, -0.15) is 0 Å². The Kier molecular flexibility index (Phi) is 10.1. The Morgan fingerprint density at radius 3 is 0.939 bits per heavy atom. The molecule has 6 amide bonds. The number of hydrogen-bond acceptors (Lipinski definition) is 6. The SMILES string of the molecule is CC1(C)SCCN1C(=O)Nc1ccc(C(c2ccc(NC(=O)N3CCSC3(C)C)cc2)c2ccc(NC(=O)N3CCSC3(C)C)cc2)cc1. The summed E-state index contributed by atoms with van der Waals surface area (Å²) in [6, 6.07) is 23.7. The van der Waals surface area contributed by atoms with Gasteiger partial charge in [-0.3, -0.25) is 0 Å². The van der Waals surface area contributed by atoms with E-state index < -0.39 is 0 Å². The maximum absolute atomic E-state index is 13.1. The number of amides is 6. The van der Waals surface area contributed by atoms with E-state index in [1.165, 1.54) is 0 Å². The predicted octanol–water partition coefficient (Wildman–Crippen LogP) is 8.82. The largest absolute Gasteiger partial charge is 0.322 e. The molecule has 3 N–H and O–H groups in total. The maximum Gasteiger partial charge on any atom is 0.322 e. The number of carbonyl (C=O) groups excluding carboxylic acids is 3. The number of hydrogen-bond donors (Lipinski definition) is 3. The van der Waals surface area contributed by atoms with E-state index in [-0.39, 0.29) is 38.6 Å². The van der Waals surface area contributed by atoms with Crippen LogP contribution < -0.4 is 16.0 Å². The molecule has 49 heavy (non-hydrogen) atoms. The molecule has 260 valence electrons. The van der Waals surface area contributed by atoms with Crippen molar-refractivity contribution in [1.82, 2.24) is 14.7 Å². The fourth-order valence-electron chi connectivity index (χ4n) is 6.67. The van der Waals surface area contributed by atoms with Crippen LogP contribution in [-0.4, -0.2) is 84.3 Å². The van der Waals surface area contributed by atoms with Gasteiger partial charge in [-0.15, -0.1) is 35.3 Å². The predicted molar refractivity (Wildman–Crippen MR) is 207 cm³/mol. The molecule has 0 atom stereocenters. The molecule has 9 nitrogen and oxygen atoms in total. The van der Waals surface area contributed by atoms with Crippen LogP contribution in [0.3, 0.4) is 0 Å². The lowest BCUT2D eigenvalue weighted by Crippen LogP contribution is -2.43. The number of nitrogens with zero attached hydrogens (tertiary/aromatic N) is 3. The standard InChI is InChI=1S/C37H46N6O3S3/c1-35(2)41(19-22-47-35)32(44)38-28-13-7-25(8-14-28)31(26-9-15-29(16-10-26)39-33(45)42-20-23-48-36(42,3)4)27-11-17-30(18-12-27)40-34(46)43-21-24-49-37(43,5)6/h7-18,31H,19-24H2,1-6H3,(H,38,44)(H,39,45)(H,40,46). The fourth-order valence-corrected chi connectivity index (χ4v) is 9.98. The van der Waals surface area contributed by atoms with Crippen LogP contribution in [0, 0.1) is 0 Å². The van der Waals surface area contributed by atoms with Crippen molar-refractivity contribution in [2.75, 3.05) is 52.8 Å². The highest BCUT2D eigenvalue weighted by molar-refractivity contribution is 8.01. The molecule has 6 rings (SSSR count). The van der Waals surface area contributed by atoms with Gasteiger partial charge in [0.2, 0.25) is 0 Å². The Labute approximate surface area is 302 Å². The van der Waals surface area contributed by atoms with Gasteiger partial charge in [-0.05, 0) is 94.6 Å². The summed E-state index contributed by atoms with van der Waals surface area (Å²) in [5.74, 6) is 2.65. The minimum atomic E-state index is -0.236. The summed E-state index contributed by atoms with van der Waals surface area (Å²) in [6.07, 6.45) is 0. The fraction of sp³-hybridized carbons (Fsp3) is 0.432. The van der Waals surface area contributed by atoms with E-state index in [2.05, 4.69) is 93.9 Å². The molecule has 3 aromatic rings. The van der Waals surface area contributed by atoms with Crippen molar-refractivity contribution in [1.29, 1.82) is 0 Å². The molecular formula is C37H46N6O3S3. The molecule has 3 heterocycles. The van der Waals surface area contributed by atoms with E-state index in [1.807, 2.05) is 51.1 Å². The molecule has 0 saturated carbocycles. The average molecular weight is 719 g/mol. The quantitative estimate of drug-likeness (QED) is 0.221. The number of anilines is 3. The Morgan fingerprint density at radius 2 is 0.735 bits per heavy atom. The van der Waals surface area contributed by atoms with Crippen LogP contribution in [0.5, 0.6) is 0 Å². The second-order valence-electron chi connectivity index (χ2n) is 13.9. The number of urea groups is 3. The van der Waals surface area contributed by atoms with Crippen molar-refractivity contribution in [3.63, 3.8) is 0 Å². The van der Waals surface area contributed by atoms with Crippen molar-refractivity contribution in [2.24, 2.45) is 0 Å². The highest BCUT2D eigenvalue weighted by Crippen LogP contribution is 2.38. The third-order valence-electron chi connectivity index (χ3n) is 9.48. The summed E-state index contributed by atoms with van der Waals surface area (Å²) in [6.45, 7) is 14.6. The first-order valence-corrected chi connectivity index (χ1v) is 19.7. The zero-order valence-electron chi connectivity index (χ0n) is 29.0. The summed E-state index contributed by atoms with van der Waals surface area (Å²) < 4.78 is 0. The summed E-state index contributed by atoms with van der Waals surface area (Å²) in [4.78, 5) is 44.2. The Balaban J connectivity index is 1.23. The van der Waals surface area contributed by atoms with Crippen LogP contribution >= 0.6 is 35.3 Å². The normalized spacial score (nSPS) is 19.3. The molecular weight excluding hydrogens is 673 g/mol. The first-order valence-electron chi connectivity index (χ1n) is 16.7. The van der Waals surface area contributed by atoms with E-state index >= 15 is 0 Å². The molecule has 3 aliphatic heterocycles. The van der Waals surface area contributed by atoms with Gasteiger partial charge in [0.25, 0.3) is 0 Å². The van der Waals surface area contributed by atoms with Crippen molar-refractivity contribution >= 4 is 70.4 Å². The van der Waals surface area contributed by atoms with E-state index in [0.717, 1.165) is 70.6 Å². The van der Waals surface area contributed by atoms with Crippen LogP contribution in [0.2, 0.25) is 0 Å². The Hall–Kier alpha value is -3.48. The minimum absolute atomic E-state index is 0.0959. The van der Waals surface area contributed by atoms with Gasteiger partial charge in [0, 0.05) is 59.9 Å². The first-order chi connectivity index (χ1) is 23.2. The van der Waals surface area contributed by atoms with Crippen LogP contribution in [0.1, 0.15) is 64.2 Å². The first kappa shape index (κ1) is 35.3. The summed E-state index contributed by atoms with van der Waals surface area (Å²) >= 11 is 5.34. The van der Waals surface area contributed by atoms with Crippen LogP contribution in [0.25, 0.3) is 0 Å². The second kappa shape index (κ2) is 14.0. The zero-order valence-corrected chi connectivity index (χ0v) is 31.5. The molecule has 12 heteroatoms. The number of benzene rings is 3. The van der Waals surface area contributed by atoms with Crippen molar-refractivity contribution in [2.45, 2.75) is 62.1 Å². The third kappa shape index (κ3) is 7.81. The molecule has 0 radical (unpaired) electrons. The monoisotopic (exact) mass is 718 g/mol. The number of thioether (sulfide) groups is 3. The van der Waals surface area contributed by atoms with E-state index in [0.29, 0.717) is 0 Å². The van der Waals surface area contributed by atoms with Gasteiger partial charge in [0.05, 0.1) is 14.6 Å². The van der Waals surface area contributed by atoms with Gasteiger partial charge in [0.1, 0.15) is 0 Å². The van der Waals surface area contributed by atoms with Gasteiger partial charge >= 0.3 is 18.1 Å². The molecule has 0 spiro atoms. The third-order valence-corrected chi connectivity index (χ3v) is 13.4. The maximum atomic E-state index is 13.1. The van der Waals surface area contributed by atoms with Crippen LogP contribution in [0.15, 0.2) is 72.8 Å². The van der Waals surface area contributed by atoms with Gasteiger partial charge < -0.3 is 30.7 Å². The smallest absolute Gasteiger partial charge is 0.310 e. The molecule has 3 aromatic carbocycles. The van der Waals surface area contributed by atoms with E-state index in [4.69, 9.17) is 0 Å².